The van der Waals surface area contributed by atoms with Gasteiger partial charge in [-0.05, 0) is 164 Å². The van der Waals surface area contributed by atoms with Crippen LogP contribution in [-0.4, -0.2) is 46.0 Å². The molecule has 4 rings (SSSR count). The van der Waals surface area contributed by atoms with Crippen molar-refractivity contribution in [1.82, 2.24) is 0 Å². The number of nitrogens with two attached hydrogens (primary N) is 4. The highest BCUT2D eigenvalue weighted by Crippen LogP contribution is 2.36. The molecule has 0 unspecified atom stereocenters. The van der Waals surface area contributed by atoms with Crippen molar-refractivity contribution in [3.63, 3.8) is 0 Å². The number of aryl methyl sites for hydroxylation is 1. The first-order valence-electron chi connectivity index (χ1n) is 16.0. The van der Waals surface area contributed by atoms with E-state index in [9.17, 15) is 0 Å². The second-order valence-corrected chi connectivity index (χ2v) is 11.2. The molecule has 246 valence electrons. The summed E-state index contributed by atoms with van der Waals surface area (Å²) in [6, 6.07) is 20.9. The van der Waals surface area contributed by atoms with Crippen LogP contribution in [0.15, 0.2) is 72.8 Å². The number of hydrogen-bond donors (Lipinski definition) is 4. The molecule has 0 aliphatic rings. The summed E-state index contributed by atoms with van der Waals surface area (Å²) in [6.07, 6.45) is 4.77. The van der Waals surface area contributed by atoms with Crippen LogP contribution < -0.4 is 37.1 Å². The van der Waals surface area contributed by atoms with Crippen LogP contribution in [0.3, 0.4) is 0 Å². The number of rotatable bonds is 19. The summed E-state index contributed by atoms with van der Waals surface area (Å²) in [6.45, 7) is 3.53. The molecular formula is C37H46F2N4O3. The number of ether oxygens (including phenoxy) is 3. The monoisotopic (exact) mass is 632 g/mol. The van der Waals surface area contributed by atoms with Gasteiger partial charge in [-0.1, -0.05) is 6.07 Å². The molecule has 0 aliphatic carbocycles. The van der Waals surface area contributed by atoms with Gasteiger partial charge in [-0.15, -0.1) is 0 Å². The molecule has 0 spiro atoms. The molecule has 0 amide bonds. The molecule has 0 radical (unpaired) electrons. The minimum Gasteiger partial charge on any atom is -0.494 e. The van der Waals surface area contributed by atoms with Crippen molar-refractivity contribution in [2.75, 3.05) is 46.0 Å². The molecule has 0 heterocycles. The second-order valence-electron chi connectivity index (χ2n) is 11.2. The van der Waals surface area contributed by atoms with Gasteiger partial charge < -0.3 is 37.1 Å². The molecule has 9 heteroatoms. The van der Waals surface area contributed by atoms with E-state index < -0.39 is 11.6 Å². The summed E-state index contributed by atoms with van der Waals surface area (Å²) in [5.74, 6) is 0.997. The smallest absolute Gasteiger partial charge is 0.124 e. The van der Waals surface area contributed by atoms with Gasteiger partial charge in [0.2, 0.25) is 0 Å². The lowest BCUT2D eigenvalue weighted by Gasteiger charge is -2.14. The average molecular weight is 633 g/mol. The van der Waals surface area contributed by atoms with Gasteiger partial charge in [0.15, 0.2) is 0 Å². The van der Waals surface area contributed by atoms with Crippen molar-refractivity contribution in [1.29, 1.82) is 0 Å². The summed E-state index contributed by atoms with van der Waals surface area (Å²) in [5, 5.41) is 0. The third-order valence-corrected chi connectivity index (χ3v) is 7.41. The van der Waals surface area contributed by atoms with Gasteiger partial charge in [0.1, 0.15) is 28.9 Å². The van der Waals surface area contributed by atoms with Crippen molar-refractivity contribution in [2.45, 2.75) is 38.5 Å². The van der Waals surface area contributed by atoms with Crippen LogP contribution in [0.4, 0.5) is 8.78 Å². The Hall–Kier alpha value is -4.02. The highest BCUT2D eigenvalue weighted by Gasteiger charge is 2.13. The molecule has 4 aromatic carbocycles. The fraction of sp³-hybridized carbons (Fsp3) is 0.351. The fourth-order valence-electron chi connectivity index (χ4n) is 5.10. The van der Waals surface area contributed by atoms with Crippen LogP contribution in [0.5, 0.6) is 17.2 Å². The Kier molecular flexibility index (Phi) is 13.8. The zero-order chi connectivity index (χ0) is 32.7. The van der Waals surface area contributed by atoms with E-state index in [-0.39, 0.29) is 0 Å². The normalized spacial score (nSPS) is 11.1. The Morgan fingerprint density at radius 3 is 1.17 bits per heavy atom. The van der Waals surface area contributed by atoms with E-state index >= 15 is 8.78 Å². The Bertz CT molecular complexity index is 1380. The van der Waals surface area contributed by atoms with Gasteiger partial charge in [0.05, 0.1) is 19.8 Å². The van der Waals surface area contributed by atoms with Crippen LogP contribution in [0.25, 0.3) is 33.4 Å². The molecular weight excluding hydrogens is 586 g/mol. The largest absolute Gasteiger partial charge is 0.494 e. The lowest BCUT2D eigenvalue weighted by atomic mass is 9.94. The zero-order valence-electron chi connectivity index (χ0n) is 26.4. The third-order valence-electron chi connectivity index (χ3n) is 7.41. The van der Waals surface area contributed by atoms with Gasteiger partial charge in [0.25, 0.3) is 0 Å². The van der Waals surface area contributed by atoms with Crippen molar-refractivity contribution >= 4 is 0 Å². The van der Waals surface area contributed by atoms with Crippen molar-refractivity contribution in [2.24, 2.45) is 22.9 Å². The Morgan fingerprint density at radius 1 is 0.391 bits per heavy atom. The number of halogens is 2. The minimum absolute atomic E-state index is 0.427. The molecule has 0 bridgehead atoms. The predicted molar refractivity (Wildman–Crippen MR) is 182 cm³/mol. The van der Waals surface area contributed by atoms with Crippen molar-refractivity contribution < 1.29 is 23.0 Å². The van der Waals surface area contributed by atoms with Crippen LogP contribution >= 0.6 is 0 Å². The molecule has 0 aromatic heterocycles. The average Bonchev–Trinajstić information content (AvgIpc) is 3.04. The van der Waals surface area contributed by atoms with E-state index in [1.165, 1.54) is 24.3 Å². The highest BCUT2D eigenvalue weighted by molar-refractivity contribution is 5.78. The standard InChI is InChI=1S/C37H46F2N4O3/c38-33-18-28(27-14-26(6-1-2-7-40)15-35(22-27)44-11-3-8-41)16-29(19-33)30-17-31(21-34(39)20-30)32-23-36(45-12-4-9-42)25-37(24-32)46-13-5-10-43/h14-25H,1-13,40-43H2. The van der Waals surface area contributed by atoms with E-state index in [4.69, 9.17) is 37.1 Å². The van der Waals surface area contributed by atoms with E-state index in [1.54, 1.807) is 6.07 Å². The summed E-state index contributed by atoms with van der Waals surface area (Å²) in [4.78, 5) is 0. The Morgan fingerprint density at radius 2 is 0.761 bits per heavy atom. The maximum atomic E-state index is 15.2. The second kappa shape index (κ2) is 18.2. The van der Waals surface area contributed by atoms with Crippen LogP contribution in [0, 0.1) is 11.6 Å². The number of unbranched alkanes of at least 4 members (excludes halogenated alkanes) is 1. The Balaban J connectivity index is 1.72. The van der Waals surface area contributed by atoms with E-state index in [2.05, 4.69) is 0 Å². The Labute approximate surface area is 270 Å². The van der Waals surface area contributed by atoms with Crippen LogP contribution in [0.1, 0.15) is 37.7 Å². The lowest BCUT2D eigenvalue weighted by molar-refractivity contribution is 0.298. The van der Waals surface area contributed by atoms with Gasteiger partial charge in [-0.25, -0.2) is 8.78 Å². The molecule has 46 heavy (non-hydrogen) atoms. The first kappa shape index (κ1) is 34.8. The van der Waals surface area contributed by atoms with Crippen molar-refractivity contribution in [3.05, 3.63) is 90.0 Å². The van der Waals surface area contributed by atoms with Gasteiger partial charge >= 0.3 is 0 Å². The minimum atomic E-state index is -0.448. The van der Waals surface area contributed by atoms with Crippen LogP contribution in [0.2, 0.25) is 0 Å². The number of hydrogen-bond acceptors (Lipinski definition) is 7. The highest BCUT2D eigenvalue weighted by atomic mass is 19.1. The van der Waals surface area contributed by atoms with E-state index in [0.717, 1.165) is 36.8 Å². The third kappa shape index (κ3) is 10.5. The van der Waals surface area contributed by atoms with Gasteiger partial charge in [-0.3, -0.25) is 0 Å². The van der Waals surface area contributed by atoms with E-state index in [1.807, 2.05) is 42.5 Å². The first-order chi connectivity index (χ1) is 22.4. The SMILES string of the molecule is NCCCCc1cc(OCCCN)cc(-c2cc(F)cc(-c3cc(F)cc(-c4cc(OCCCN)cc(OCCCN)c4)c3)c2)c1. The van der Waals surface area contributed by atoms with Crippen LogP contribution in [-0.2, 0) is 6.42 Å². The molecule has 0 fully saturated rings. The molecule has 0 saturated carbocycles. The lowest BCUT2D eigenvalue weighted by Crippen LogP contribution is -2.07. The van der Waals surface area contributed by atoms with E-state index in [0.29, 0.717) is 104 Å². The molecule has 7 nitrogen and oxygen atoms in total. The summed E-state index contributed by atoms with van der Waals surface area (Å²) < 4.78 is 48.2. The topological polar surface area (TPSA) is 132 Å². The molecule has 4 aromatic rings. The first-order valence-corrected chi connectivity index (χ1v) is 16.0. The zero-order valence-corrected chi connectivity index (χ0v) is 26.4. The maximum Gasteiger partial charge on any atom is 0.124 e. The molecule has 0 saturated heterocycles. The van der Waals surface area contributed by atoms with Crippen molar-refractivity contribution in [3.8, 4) is 50.6 Å². The fourth-order valence-corrected chi connectivity index (χ4v) is 5.10. The predicted octanol–water partition coefficient (Wildman–Crippen LogP) is 6.43. The molecule has 0 aliphatic heterocycles. The summed E-state index contributed by atoms with van der Waals surface area (Å²) in [7, 11) is 0. The maximum absolute atomic E-state index is 15.2. The number of benzene rings is 4. The quantitative estimate of drug-likeness (QED) is 0.0876. The molecule has 8 N–H and O–H groups in total. The summed E-state index contributed by atoms with van der Waals surface area (Å²) in [5.41, 5.74) is 27.6. The summed E-state index contributed by atoms with van der Waals surface area (Å²) >= 11 is 0. The molecule has 0 atom stereocenters. The van der Waals surface area contributed by atoms with Gasteiger partial charge in [0, 0.05) is 6.07 Å². The van der Waals surface area contributed by atoms with Gasteiger partial charge in [-0.2, -0.15) is 0 Å².